The van der Waals surface area contributed by atoms with Crippen molar-refractivity contribution < 1.29 is 13.2 Å². The van der Waals surface area contributed by atoms with Crippen molar-refractivity contribution in [2.45, 2.75) is 18.9 Å². The third-order valence-electron chi connectivity index (χ3n) is 3.66. The number of para-hydroxylation sites is 1. The molecule has 1 aliphatic rings. The molecule has 2 aromatic rings. The first-order chi connectivity index (χ1) is 9.96. The van der Waals surface area contributed by atoms with Gasteiger partial charge in [0, 0.05) is 24.2 Å². The number of aromatic nitrogens is 2. The zero-order chi connectivity index (χ0) is 15.0. The van der Waals surface area contributed by atoms with Crippen LogP contribution in [0.5, 0.6) is 0 Å². The van der Waals surface area contributed by atoms with Crippen LogP contribution in [0.3, 0.4) is 0 Å². The highest BCUT2D eigenvalue weighted by atomic mass is 32.2. The molecule has 6 nitrogen and oxygen atoms in total. The maximum absolute atomic E-state index is 12.7. The van der Waals surface area contributed by atoms with E-state index >= 15 is 0 Å². The molecule has 1 saturated carbocycles. The lowest BCUT2D eigenvalue weighted by Crippen LogP contribution is -2.37. The molecule has 3 rings (SSSR count). The van der Waals surface area contributed by atoms with Crippen molar-refractivity contribution >= 4 is 26.6 Å². The zero-order valence-corrected chi connectivity index (χ0v) is 12.6. The first-order valence-corrected chi connectivity index (χ1v) is 8.92. The van der Waals surface area contributed by atoms with Crippen molar-refractivity contribution in [1.29, 1.82) is 0 Å². The van der Waals surface area contributed by atoms with Crippen LogP contribution in [0.2, 0.25) is 0 Å². The molecule has 0 spiro atoms. The number of nitrogens with zero attached hydrogens (tertiary/aromatic N) is 2. The van der Waals surface area contributed by atoms with E-state index in [0.29, 0.717) is 11.1 Å². The molecule has 1 aromatic carbocycles. The topological polar surface area (TPSA) is 83.1 Å². The van der Waals surface area contributed by atoms with E-state index in [0.717, 1.165) is 18.2 Å². The van der Waals surface area contributed by atoms with E-state index in [-0.39, 0.29) is 24.2 Å². The number of fused-ring (bicyclic) bond motifs is 1. The fourth-order valence-corrected chi connectivity index (χ4v) is 2.93. The standard InChI is InChI=1S/C14H17N3O3S/c1-21(19,20)8-7-17(11-5-6-11)14(18)12-4-2-3-10-9-15-16-13(10)12/h2-4,9,11H,5-8H2,1H3,(H,15,16). The number of amides is 1. The quantitative estimate of drug-likeness (QED) is 0.900. The number of carbonyl (C=O) groups is 1. The Labute approximate surface area is 123 Å². The Balaban J connectivity index is 1.89. The molecule has 0 radical (unpaired) electrons. The molecule has 1 heterocycles. The number of carbonyl (C=O) groups excluding carboxylic acids is 1. The number of aromatic amines is 1. The number of sulfone groups is 1. The lowest BCUT2D eigenvalue weighted by atomic mass is 10.1. The van der Waals surface area contributed by atoms with Crippen LogP contribution in [0.4, 0.5) is 0 Å². The molecule has 0 saturated heterocycles. The van der Waals surface area contributed by atoms with Gasteiger partial charge in [0.15, 0.2) is 0 Å². The van der Waals surface area contributed by atoms with Crippen molar-refractivity contribution in [2.24, 2.45) is 0 Å². The Morgan fingerprint density at radius 3 is 2.86 bits per heavy atom. The van der Waals surface area contributed by atoms with Crippen LogP contribution >= 0.6 is 0 Å². The maximum atomic E-state index is 12.7. The highest BCUT2D eigenvalue weighted by Crippen LogP contribution is 2.29. The molecule has 0 unspecified atom stereocenters. The molecule has 1 aromatic heterocycles. The molecule has 7 heteroatoms. The van der Waals surface area contributed by atoms with Crippen molar-refractivity contribution in [3.8, 4) is 0 Å². The van der Waals surface area contributed by atoms with Gasteiger partial charge in [-0.15, -0.1) is 0 Å². The second kappa shape index (κ2) is 5.14. The summed E-state index contributed by atoms with van der Waals surface area (Å²) in [4.78, 5) is 14.4. The SMILES string of the molecule is CS(=O)(=O)CCN(C(=O)c1cccc2cn[nH]c12)C1CC1. The molecule has 112 valence electrons. The fourth-order valence-electron chi connectivity index (χ4n) is 2.40. The molecular weight excluding hydrogens is 290 g/mol. The van der Waals surface area contributed by atoms with Crippen molar-refractivity contribution in [1.82, 2.24) is 15.1 Å². The number of hydrogen-bond acceptors (Lipinski definition) is 4. The van der Waals surface area contributed by atoms with E-state index in [1.807, 2.05) is 12.1 Å². The molecule has 1 aliphatic carbocycles. The van der Waals surface area contributed by atoms with Crippen LogP contribution in [-0.2, 0) is 9.84 Å². The summed E-state index contributed by atoms with van der Waals surface area (Å²) in [5.41, 5.74) is 1.25. The van der Waals surface area contributed by atoms with Gasteiger partial charge in [0.05, 0.1) is 23.0 Å². The van der Waals surface area contributed by atoms with Crippen molar-refractivity contribution in [3.05, 3.63) is 30.0 Å². The molecule has 1 amide bonds. The third-order valence-corrected chi connectivity index (χ3v) is 4.58. The van der Waals surface area contributed by atoms with Crippen LogP contribution < -0.4 is 0 Å². The van der Waals surface area contributed by atoms with Gasteiger partial charge in [-0.2, -0.15) is 5.10 Å². The number of nitrogens with one attached hydrogen (secondary N) is 1. The van der Waals surface area contributed by atoms with E-state index in [4.69, 9.17) is 0 Å². The van der Waals surface area contributed by atoms with Crippen LogP contribution in [-0.4, -0.2) is 54.0 Å². The van der Waals surface area contributed by atoms with Gasteiger partial charge >= 0.3 is 0 Å². The summed E-state index contributed by atoms with van der Waals surface area (Å²) in [5, 5.41) is 7.67. The lowest BCUT2D eigenvalue weighted by molar-refractivity contribution is 0.0755. The van der Waals surface area contributed by atoms with Gasteiger partial charge in [-0.3, -0.25) is 9.89 Å². The van der Waals surface area contributed by atoms with Gasteiger partial charge in [0.2, 0.25) is 0 Å². The Bertz CT molecular complexity index is 778. The molecule has 1 N–H and O–H groups in total. The number of H-pyrrole nitrogens is 1. The Kier molecular flexibility index (Phi) is 3.44. The second-order valence-electron chi connectivity index (χ2n) is 5.50. The minimum absolute atomic E-state index is 0.00576. The van der Waals surface area contributed by atoms with Gasteiger partial charge in [-0.1, -0.05) is 12.1 Å². The fraction of sp³-hybridized carbons (Fsp3) is 0.429. The summed E-state index contributed by atoms with van der Waals surface area (Å²) in [7, 11) is -3.09. The summed E-state index contributed by atoms with van der Waals surface area (Å²) in [6.07, 6.45) is 4.74. The van der Waals surface area contributed by atoms with Crippen LogP contribution in [0.25, 0.3) is 10.9 Å². The normalized spacial score (nSPS) is 15.3. The van der Waals surface area contributed by atoms with E-state index in [2.05, 4.69) is 10.2 Å². The minimum atomic E-state index is -3.09. The first-order valence-electron chi connectivity index (χ1n) is 6.86. The van der Waals surface area contributed by atoms with Crippen molar-refractivity contribution in [3.63, 3.8) is 0 Å². The summed E-state index contributed by atoms with van der Waals surface area (Å²) < 4.78 is 22.7. The molecule has 21 heavy (non-hydrogen) atoms. The molecule has 0 aliphatic heterocycles. The Morgan fingerprint density at radius 2 is 2.19 bits per heavy atom. The minimum Gasteiger partial charge on any atom is -0.335 e. The lowest BCUT2D eigenvalue weighted by Gasteiger charge is -2.22. The summed E-state index contributed by atoms with van der Waals surface area (Å²) in [5.74, 6) is -0.134. The Morgan fingerprint density at radius 1 is 1.43 bits per heavy atom. The summed E-state index contributed by atoms with van der Waals surface area (Å²) in [6.45, 7) is 0.243. The van der Waals surface area contributed by atoms with Crippen LogP contribution in [0.1, 0.15) is 23.2 Å². The van der Waals surface area contributed by atoms with Crippen molar-refractivity contribution in [2.75, 3.05) is 18.6 Å². The number of rotatable bonds is 5. The number of benzene rings is 1. The largest absolute Gasteiger partial charge is 0.335 e. The summed E-state index contributed by atoms with van der Waals surface area (Å²) >= 11 is 0. The smallest absolute Gasteiger partial charge is 0.256 e. The van der Waals surface area contributed by atoms with Crippen LogP contribution in [0.15, 0.2) is 24.4 Å². The predicted molar refractivity (Wildman–Crippen MR) is 79.9 cm³/mol. The zero-order valence-electron chi connectivity index (χ0n) is 11.7. The van der Waals surface area contributed by atoms with Gasteiger partial charge in [0.1, 0.15) is 9.84 Å². The predicted octanol–water partition coefficient (Wildman–Crippen LogP) is 1.21. The van der Waals surface area contributed by atoms with E-state index in [1.54, 1.807) is 17.2 Å². The highest BCUT2D eigenvalue weighted by Gasteiger charge is 2.34. The second-order valence-corrected chi connectivity index (χ2v) is 7.76. The molecule has 1 fully saturated rings. The van der Waals surface area contributed by atoms with Gasteiger partial charge < -0.3 is 4.90 Å². The average Bonchev–Trinajstić information content (AvgIpc) is 3.13. The molecule has 0 bridgehead atoms. The van der Waals surface area contributed by atoms with E-state index < -0.39 is 9.84 Å². The average molecular weight is 307 g/mol. The number of hydrogen-bond donors (Lipinski definition) is 1. The van der Waals surface area contributed by atoms with E-state index in [1.165, 1.54) is 6.26 Å². The van der Waals surface area contributed by atoms with Gasteiger partial charge in [-0.05, 0) is 18.9 Å². The van der Waals surface area contributed by atoms with E-state index in [9.17, 15) is 13.2 Å². The monoisotopic (exact) mass is 307 g/mol. The first kappa shape index (κ1) is 14.1. The van der Waals surface area contributed by atoms with Gasteiger partial charge in [0.25, 0.3) is 5.91 Å². The molecular formula is C14H17N3O3S. The summed E-state index contributed by atoms with van der Waals surface area (Å²) in [6, 6.07) is 5.61. The highest BCUT2D eigenvalue weighted by molar-refractivity contribution is 7.90. The van der Waals surface area contributed by atoms with Gasteiger partial charge in [-0.25, -0.2) is 8.42 Å². The third kappa shape index (κ3) is 3.07. The Hall–Kier alpha value is -1.89. The maximum Gasteiger partial charge on any atom is 0.256 e. The molecule has 0 atom stereocenters. The van der Waals surface area contributed by atoms with Crippen LogP contribution in [0, 0.1) is 0 Å².